The van der Waals surface area contributed by atoms with Gasteiger partial charge in [0.05, 0.1) is 11.1 Å². The molecule has 0 heterocycles. The van der Waals surface area contributed by atoms with Gasteiger partial charge >= 0.3 is 0 Å². The van der Waals surface area contributed by atoms with Crippen LogP contribution in [0.15, 0.2) is 200 Å². The third-order valence-corrected chi connectivity index (χ3v) is 10.4. The highest BCUT2D eigenvalue weighted by Crippen LogP contribution is 2.57. The van der Waals surface area contributed by atoms with Gasteiger partial charge < -0.3 is 4.90 Å². The minimum atomic E-state index is -0.473. The van der Waals surface area contributed by atoms with Crippen LogP contribution in [0.5, 0.6) is 0 Å². The van der Waals surface area contributed by atoms with Crippen LogP contribution in [0, 0.1) is 0 Å². The monoisotopic (exact) mass is 639 g/mol. The van der Waals surface area contributed by atoms with Crippen LogP contribution in [0.2, 0.25) is 0 Å². The maximum Gasteiger partial charge on any atom is 0.0714 e. The molecule has 0 fully saturated rings. The molecule has 0 aromatic heterocycles. The summed E-state index contributed by atoms with van der Waals surface area (Å²) >= 11 is 0. The minimum absolute atomic E-state index is 0.473. The van der Waals surface area contributed by atoms with E-state index in [0.717, 1.165) is 24.2 Å². The molecule has 0 atom stereocenters. The van der Waals surface area contributed by atoms with E-state index in [1.165, 1.54) is 61.0 Å². The number of nitrogens with zero attached hydrogens (tertiary/aromatic N) is 1. The lowest BCUT2D eigenvalue weighted by atomic mass is 9.67. The average molecular weight is 640 g/mol. The fourth-order valence-electron chi connectivity index (χ4n) is 8.20. The molecule has 0 aliphatic heterocycles. The van der Waals surface area contributed by atoms with Crippen molar-refractivity contribution in [2.45, 2.75) is 18.3 Å². The summed E-state index contributed by atoms with van der Waals surface area (Å²) in [5.74, 6) is 0. The number of anilines is 2. The molecule has 0 N–H and O–H groups in total. The van der Waals surface area contributed by atoms with Crippen LogP contribution < -0.4 is 4.90 Å². The van der Waals surface area contributed by atoms with Crippen LogP contribution in [0.3, 0.4) is 0 Å². The largest absolute Gasteiger partial charge is 0.310 e. The first-order valence-electron chi connectivity index (χ1n) is 17.6. The van der Waals surface area contributed by atoms with Gasteiger partial charge in [0.2, 0.25) is 0 Å². The van der Waals surface area contributed by atoms with Crippen LogP contribution in [0.4, 0.5) is 11.4 Å². The van der Waals surface area contributed by atoms with Gasteiger partial charge in [-0.15, -0.1) is 0 Å². The van der Waals surface area contributed by atoms with E-state index in [2.05, 4.69) is 205 Å². The van der Waals surface area contributed by atoms with Gasteiger partial charge in [0, 0.05) is 16.8 Å². The van der Waals surface area contributed by atoms with Gasteiger partial charge in [-0.05, 0) is 87.0 Å². The molecular formula is C49H37N. The molecule has 0 radical (unpaired) electrons. The molecule has 238 valence electrons. The summed E-state index contributed by atoms with van der Waals surface area (Å²) in [6, 6.07) is 62.4. The van der Waals surface area contributed by atoms with Crippen LogP contribution >= 0.6 is 0 Å². The first kappa shape index (κ1) is 29.9. The first-order chi connectivity index (χ1) is 24.8. The molecule has 0 bridgehead atoms. The molecule has 2 aliphatic rings. The normalized spacial score (nSPS) is 15.0. The topological polar surface area (TPSA) is 3.24 Å². The molecular weight excluding hydrogens is 603 g/mol. The zero-order valence-electron chi connectivity index (χ0n) is 27.9. The lowest BCUT2D eigenvalue weighted by Gasteiger charge is -2.35. The van der Waals surface area contributed by atoms with E-state index in [4.69, 9.17) is 0 Å². The Balaban J connectivity index is 1.32. The molecule has 50 heavy (non-hydrogen) atoms. The highest BCUT2D eigenvalue weighted by Gasteiger charge is 2.46. The number of hydrogen-bond donors (Lipinski definition) is 0. The SMILES string of the molecule is C1=CC(N(c2ccc3c(c2)C(c2ccccc2)(c2ccccc2)c2ccccc2-3)c2cccc3ccccc23)=CCc2ccccc2/C=C\C1. The molecule has 0 spiro atoms. The van der Waals surface area contributed by atoms with Crippen molar-refractivity contribution in [2.75, 3.05) is 4.90 Å². The summed E-state index contributed by atoms with van der Waals surface area (Å²) in [5, 5.41) is 2.45. The second kappa shape index (κ2) is 12.7. The summed E-state index contributed by atoms with van der Waals surface area (Å²) < 4.78 is 0. The molecule has 0 amide bonds. The Morgan fingerprint density at radius 3 is 2.00 bits per heavy atom. The standard InChI is InChI=1S/C49H37N/c1-4-17-36-18-10-11-19-37(36)31-32-41(26-9-1)50(48-30-16-21-38-20-12-13-27-43(38)48)42-33-34-45-44-28-14-15-29-46(44)49(47(45)35-42,39-22-5-2-6-23-39)40-24-7-3-8-25-40/h2-30,32-35H,1,31H2/b17-4-,26-9?,41-32?. The first-order valence-corrected chi connectivity index (χ1v) is 17.6. The molecule has 1 heteroatoms. The van der Waals surface area contributed by atoms with E-state index in [-0.39, 0.29) is 0 Å². The maximum atomic E-state index is 2.48. The third-order valence-electron chi connectivity index (χ3n) is 10.4. The molecule has 9 rings (SSSR count). The van der Waals surface area contributed by atoms with E-state index in [1.54, 1.807) is 0 Å². The highest BCUT2D eigenvalue weighted by atomic mass is 15.1. The minimum Gasteiger partial charge on any atom is -0.310 e. The number of allylic oxidation sites excluding steroid dienone is 4. The summed E-state index contributed by atoms with van der Waals surface area (Å²) in [6.45, 7) is 0. The smallest absolute Gasteiger partial charge is 0.0714 e. The Kier molecular flexibility index (Phi) is 7.59. The van der Waals surface area contributed by atoms with Gasteiger partial charge in [0.15, 0.2) is 0 Å². The second-order valence-electron chi connectivity index (χ2n) is 13.2. The Hall–Kier alpha value is -6.18. The predicted molar refractivity (Wildman–Crippen MR) is 211 cm³/mol. The number of fused-ring (bicyclic) bond motifs is 5. The quantitative estimate of drug-likeness (QED) is 0.181. The van der Waals surface area contributed by atoms with E-state index >= 15 is 0 Å². The van der Waals surface area contributed by atoms with Crippen molar-refractivity contribution < 1.29 is 0 Å². The fourth-order valence-corrected chi connectivity index (χ4v) is 8.20. The molecule has 0 saturated carbocycles. The van der Waals surface area contributed by atoms with Crippen molar-refractivity contribution >= 4 is 28.2 Å². The Morgan fingerprint density at radius 1 is 0.500 bits per heavy atom. The van der Waals surface area contributed by atoms with Gasteiger partial charge in [0.25, 0.3) is 0 Å². The Bertz CT molecular complexity index is 2390. The van der Waals surface area contributed by atoms with Crippen molar-refractivity contribution in [3.63, 3.8) is 0 Å². The van der Waals surface area contributed by atoms with E-state index < -0.39 is 5.41 Å². The molecule has 1 nitrogen and oxygen atoms in total. The molecule has 7 aromatic carbocycles. The number of benzene rings is 7. The Labute approximate surface area is 294 Å². The number of rotatable bonds is 5. The lowest BCUT2D eigenvalue weighted by Crippen LogP contribution is -2.29. The molecule has 7 aromatic rings. The average Bonchev–Trinajstić information content (AvgIpc) is 3.48. The van der Waals surface area contributed by atoms with Crippen molar-refractivity contribution in [1.29, 1.82) is 0 Å². The van der Waals surface area contributed by atoms with Crippen molar-refractivity contribution in [2.24, 2.45) is 0 Å². The zero-order valence-corrected chi connectivity index (χ0v) is 27.9. The molecule has 0 saturated heterocycles. The van der Waals surface area contributed by atoms with Crippen molar-refractivity contribution in [3.8, 4) is 11.1 Å². The van der Waals surface area contributed by atoms with Gasteiger partial charge in [-0.25, -0.2) is 0 Å². The summed E-state index contributed by atoms with van der Waals surface area (Å²) in [7, 11) is 0. The van der Waals surface area contributed by atoms with Crippen LogP contribution in [0.25, 0.3) is 28.0 Å². The summed E-state index contributed by atoms with van der Waals surface area (Å²) in [5.41, 5.74) is 13.3. The van der Waals surface area contributed by atoms with Crippen molar-refractivity contribution in [1.82, 2.24) is 0 Å². The van der Waals surface area contributed by atoms with Crippen LogP contribution in [-0.2, 0) is 11.8 Å². The predicted octanol–water partition coefficient (Wildman–Crippen LogP) is 12.4. The maximum absolute atomic E-state index is 2.48. The lowest BCUT2D eigenvalue weighted by molar-refractivity contribution is 0.768. The van der Waals surface area contributed by atoms with Gasteiger partial charge in [-0.2, -0.15) is 0 Å². The van der Waals surface area contributed by atoms with Crippen LogP contribution in [-0.4, -0.2) is 0 Å². The number of hydrogen-bond acceptors (Lipinski definition) is 1. The summed E-state index contributed by atoms with van der Waals surface area (Å²) in [6.07, 6.45) is 13.2. The van der Waals surface area contributed by atoms with Gasteiger partial charge in [-0.3, -0.25) is 0 Å². The Morgan fingerprint density at radius 2 is 1.16 bits per heavy atom. The third kappa shape index (κ3) is 4.94. The molecule has 2 aliphatic carbocycles. The highest BCUT2D eigenvalue weighted by molar-refractivity contribution is 5.98. The van der Waals surface area contributed by atoms with E-state index in [9.17, 15) is 0 Å². The second-order valence-corrected chi connectivity index (χ2v) is 13.2. The summed E-state index contributed by atoms with van der Waals surface area (Å²) in [4.78, 5) is 2.48. The van der Waals surface area contributed by atoms with Crippen molar-refractivity contribution in [3.05, 3.63) is 233 Å². The zero-order chi connectivity index (χ0) is 33.3. The fraction of sp³-hybridized carbons (Fsp3) is 0.0612. The van der Waals surface area contributed by atoms with E-state index in [1.807, 2.05) is 0 Å². The van der Waals surface area contributed by atoms with Gasteiger partial charge in [-0.1, -0.05) is 176 Å². The van der Waals surface area contributed by atoms with Crippen LogP contribution in [0.1, 0.15) is 39.8 Å². The van der Waals surface area contributed by atoms with Gasteiger partial charge in [0.1, 0.15) is 0 Å². The van der Waals surface area contributed by atoms with E-state index in [0.29, 0.717) is 0 Å². The molecule has 0 unspecified atom stereocenters.